The van der Waals surface area contributed by atoms with Gasteiger partial charge in [-0.3, -0.25) is 9.59 Å². The van der Waals surface area contributed by atoms with Gasteiger partial charge in [0.05, 0.1) is 6.42 Å². The normalized spacial score (nSPS) is 14.7. The van der Waals surface area contributed by atoms with Crippen LogP contribution in [0.1, 0.15) is 54.4 Å². The zero-order valence-corrected chi connectivity index (χ0v) is 21.7. The maximum Gasteiger partial charge on any atom is 0.243 e. The van der Waals surface area contributed by atoms with Crippen LogP contribution >= 0.6 is 11.6 Å². The molecule has 2 amide bonds. The first-order valence-corrected chi connectivity index (χ1v) is 13.3. The molecule has 4 rings (SSSR count). The second kappa shape index (κ2) is 12.7. The first-order chi connectivity index (χ1) is 17.5. The molecular formula is C31H35ClN2O2. The monoisotopic (exact) mass is 502 g/mol. The quantitative estimate of drug-likeness (QED) is 0.374. The van der Waals surface area contributed by atoms with Gasteiger partial charge in [0.2, 0.25) is 11.8 Å². The van der Waals surface area contributed by atoms with Crippen molar-refractivity contribution < 1.29 is 9.59 Å². The lowest BCUT2D eigenvalue weighted by Gasteiger charge is -2.33. The van der Waals surface area contributed by atoms with Crippen LogP contribution in [0.5, 0.6) is 0 Å². The minimum atomic E-state index is -0.620. The van der Waals surface area contributed by atoms with E-state index in [1.165, 1.54) is 6.42 Å². The number of hydrogen-bond donors (Lipinski definition) is 1. The third kappa shape index (κ3) is 7.44. The molecule has 4 nitrogen and oxygen atoms in total. The molecule has 36 heavy (non-hydrogen) atoms. The van der Waals surface area contributed by atoms with E-state index in [0.29, 0.717) is 18.0 Å². The fourth-order valence-electron chi connectivity index (χ4n) is 5.03. The van der Waals surface area contributed by atoms with E-state index < -0.39 is 6.04 Å². The molecule has 1 aliphatic rings. The highest BCUT2D eigenvalue weighted by Crippen LogP contribution is 2.21. The molecule has 1 aliphatic carbocycles. The summed E-state index contributed by atoms with van der Waals surface area (Å²) < 4.78 is 0. The third-order valence-electron chi connectivity index (χ3n) is 6.90. The first kappa shape index (κ1) is 26.0. The van der Waals surface area contributed by atoms with E-state index in [1.54, 1.807) is 4.90 Å². The fourth-order valence-corrected chi connectivity index (χ4v) is 5.24. The van der Waals surface area contributed by atoms with Crippen molar-refractivity contribution in [1.82, 2.24) is 10.2 Å². The molecule has 0 bridgehead atoms. The molecule has 0 aliphatic heterocycles. The molecule has 3 aromatic rings. The Balaban J connectivity index is 1.65. The second-order valence-corrected chi connectivity index (χ2v) is 10.3. The lowest BCUT2D eigenvalue weighted by molar-refractivity contribution is -0.141. The standard InChI is InChI=1S/C31H35ClN2O2/c1-23-10-8-13-25(18-23)21-30(35)34(22-26-14-9-15-27(32)19-26)29(20-24-11-4-2-5-12-24)31(36)33-28-16-6-3-7-17-28/h2,4-5,8-15,18-19,28-29H,3,6-7,16-17,20-22H2,1H3,(H,33,36)/t29-/m0/s1. The zero-order valence-electron chi connectivity index (χ0n) is 21.0. The van der Waals surface area contributed by atoms with Crippen LogP contribution < -0.4 is 5.32 Å². The van der Waals surface area contributed by atoms with Crippen molar-refractivity contribution in [1.29, 1.82) is 0 Å². The largest absolute Gasteiger partial charge is 0.352 e. The number of rotatable bonds is 9. The maximum absolute atomic E-state index is 13.9. The van der Waals surface area contributed by atoms with Gasteiger partial charge in [-0.05, 0) is 48.6 Å². The molecule has 188 valence electrons. The maximum atomic E-state index is 13.9. The molecule has 1 fully saturated rings. The minimum absolute atomic E-state index is 0.0692. The molecule has 1 saturated carbocycles. The number of halogens is 1. The topological polar surface area (TPSA) is 49.4 Å². The van der Waals surface area contributed by atoms with Crippen molar-refractivity contribution in [2.75, 3.05) is 0 Å². The van der Waals surface area contributed by atoms with Crippen LogP contribution in [0.15, 0.2) is 78.9 Å². The number of nitrogens with zero attached hydrogens (tertiary/aromatic N) is 1. The van der Waals surface area contributed by atoms with Crippen LogP contribution in [-0.4, -0.2) is 28.8 Å². The summed E-state index contributed by atoms with van der Waals surface area (Å²) in [5.74, 6) is -0.148. The number of aryl methyl sites for hydroxylation is 1. The number of carbonyl (C=O) groups excluding carboxylic acids is 2. The molecule has 1 atom stereocenters. The Kier molecular flexibility index (Phi) is 9.18. The predicted molar refractivity (Wildman–Crippen MR) is 146 cm³/mol. The highest BCUT2D eigenvalue weighted by atomic mass is 35.5. The summed E-state index contributed by atoms with van der Waals surface area (Å²) in [7, 11) is 0. The smallest absolute Gasteiger partial charge is 0.243 e. The van der Waals surface area contributed by atoms with E-state index in [4.69, 9.17) is 11.6 Å². The average molecular weight is 503 g/mol. The number of nitrogens with one attached hydrogen (secondary N) is 1. The summed E-state index contributed by atoms with van der Waals surface area (Å²) >= 11 is 6.27. The van der Waals surface area contributed by atoms with Crippen molar-refractivity contribution in [2.45, 2.75) is 70.5 Å². The Bertz CT molecular complexity index is 1160. The summed E-state index contributed by atoms with van der Waals surface area (Å²) in [5, 5.41) is 3.90. The van der Waals surface area contributed by atoms with E-state index in [0.717, 1.165) is 47.9 Å². The molecule has 0 heterocycles. The number of carbonyl (C=O) groups is 2. The van der Waals surface area contributed by atoms with Crippen LogP contribution in [0.4, 0.5) is 0 Å². The van der Waals surface area contributed by atoms with Gasteiger partial charge in [-0.2, -0.15) is 0 Å². The molecule has 5 heteroatoms. The Morgan fingerprint density at radius 1 is 0.889 bits per heavy atom. The van der Waals surface area contributed by atoms with E-state index in [9.17, 15) is 9.59 Å². The van der Waals surface area contributed by atoms with Gasteiger partial charge < -0.3 is 10.2 Å². The predicted octanol–water partition coefficient (Wildman–Crippen LogP) is 6.28. The molecule has 0 unspecified atom stereocenters. The van der Waals surface area contributed by atoms with Crippen molar-refractivity contribution in [3.05, 3.63) is 106 Å². The number of amides is 2. The summed E-state index contributed by atoms with van der Waals surface area (Å²) in [6, 6.07) is 25.0. The molecule has 3 aromatic carbocycles. The van der Waals surface area contributed by atoms with Crippen LogP contribution in [0.2, 0.25) is 5.02 Å². The van der Waals surface area contributed by atoms with Crippen molar-refractivity contribution in [2.24, 2.45) is 0 Å². The fraction of sp³-hybridized carbons (Fsp3) is 0.355. The van der Waals surface area contributed by atoms with Gasteiger partial charge in [0.1, 0.15) is 6.04 Å². The van der Waals surface area contributed by atoms with E-state index in [-0.39, 0.29) is 24.3 Å². The highest BCUT2D eigenvalue weighted by Gasteiger charge is 2.32. The molecule has 0 radical (unpaired) electrons. The van der Waals surface area contributed by atoms with Gasteiger partial charge in [-0.15, -0.1) is 0 Å². The SMILES string of the molecule is Cc1cccc(CC(=O)N(Cc2cccc(Cl)c2)[C@@H](Cc2ccccc2)C(=O)NC2CCCCC2)c1. The number of benzene rings is 3. The van der Waals surface area contributed by atoms with Gasteiger partial charge in [-0.25, -0.2) is 0 Å². The Morgan fingerprint density at radius 3 is 2.31 bits per heavy atom. The van der Waals surface area contributed by atoms with Crippen molar-refractivity contribution in [3.63, 3.8) is 0 Å². The lowest BCUT2D eigenvalue weighted by atomic mass is 9.94. The molecular weight excluding hydrogens is 468 g/mol. The minimum Gasteiger partial charge on any atom is -0.352 e. The Hall–Kier alpha value is -3.11. The van der Waals surface area contributed by atoms with Crippen molar-refractivity contribution in [3.8, 4) is 0 Å². The lowest BCUT2D eigenvalue weighted by Crippen LogP contribution is -2.53. The van der Waals surface area contributed by atoms with Gasteiger partial charge in [0, 0.05) is 24.0 Å². The molecule has 1 N–H and O–H groups in total. The number of hydrogen-bond acceptors (Lipinski definition) is 2. The van der Waals surface area contributed by atoms with E-state index >= 15 is 0 Å². The Labute approximate surface area is 219 Å². The van der Waals surface area contributed by atoms with Crippen LogP contribution in [0, 0.1) is 6.92 Å². The Morgan fingerprint density at radius 2 is 1.58 bits per heavy atom. The second-order valence-electron chi connectivity index (χ2n) is 9.87. The van der Waals surface area contributed by atoms with Crippen LogP contribution in [0.3, 0.4) is 0 Å². The van der Waals surface area contributed by atoms with Crippen LogP contribution in [-0.2, 0) is 29.0 Å². The summed E-state index contributed by atoms with van der Waals surface area (Å²) in [4.78, 5) is 29.4. The van der Waals surface area contributed by atoms with Gasteiger partial charge >= 0.3 is 0 Å². The molecule has 0 aromatic heterocycles. The van der Waals surface area contributed by atoms with Gasteiger partial charge in [-0.1, -0.05) is 103 Å². The molecule has 0 saturated heterocycles. The summed E-state index contributed by atoms with van der Waals surface area (Å²) in [5.41, 5.74) is 3.99. The zero-order chi connectivity index (χ0) is 25.3. The van der Waals surface area contributed by atoms with E-state index in [2.05, 4.69) is 5.32 Å². The highest BCUT2D eigenvalue weighted by molar-refractivity contribution is 6.30. The average Bonchev–Trinajstić information content (AvgIpc) is 2.87. The van der Waals surface area contributed by atoms with Crippen LogP contribution in [0.25, 0.3) is 0 Å². The van der Waals surface area contributed by atoms with Crippen molar-refractivity contribution >= 4 is 23.4 Å². The van der Waals surface area contributed by atoms with E-state index in [1.807, 2.05) is 85.8 Å². The molecule has 0 spiro atoms. The van der Waals surface area contributed by atoms with Gasteiger partial charge in [0.15, 0.2) is 0 Å². The van der Waals surface area contributed by atoms with Gasteiger partial charge in [0.25, 0.3) is 0 Å². The third-order valence-corrected chi connectivity index (χ3v) is 7.14. The first-order valence-electron chi connectivity index (χ1n) is 12.9. The summed E-state index contributed by atoms with van der Waals surface area (Å²) in [6.45, 7) is 2.34. The summed E-state index contributed by atoms with van der Waals surface area (Å²) in [6.07, 6.45) is 6.17.